The van der Waals surface area contributed by atoms with Crippen molar-refractivity contribution in [2.75, 3.05) is 0 Å². The molecule has 2 aromatic carbocycles. The summed E-state index contributed by atoms with van der Waals surface area (Å²) in [5.74, 6) is -0.425. The molecule has 1 N–H and O–H groups in total. The van der Waals surface area contributed by atoms with Crippen LogP contribution in [0.15, 0.2) is 82.4 Å². The van der Waals surface area contributed by atoms with Gasteiger partial charge in [-0.15, -0.1) is 0 Å². The molecule has 4 aromatic rings. The largest absolute Gasteiger partial charge is 0.451 e. The van der Waals surface area contributed by atoms with Crippen molar-refractivity contribution in [1.29, 1.82) is 0 Å². The van der Waals surface area contributed by atoms with Gasteiger partial charge in [0.15, 0.2) is 5.76 Å². The number of carbonyl (C=O) groups excluding carboxylic acids is 1. The molecule has 0 aliphatic carbocycles. The van der Waals surface area contributed by atoms with Gasteiger partial charge in [-0.3, -0.25) is 4.79 Å². The summed E-state index contributed by atoms with van der Waals surface area (Å²) in [6.07, 6.45) is -1.48. The number of halogens is 3. The van der Waals surface area contributed by atoms with Crippen molar-refractivity contribution in [2.24, 2.45) is 5.10 Å². The maximum atomic E-state index is 12.9. The standard InChI is InChI=1S/C21H14F3N3O2/c22-21(23,24)15-6-3-7-16(12-15)27-10-4-8-17(27)13-25-26-20(28)19-11-14-5-1-2-9-18(14)29-19/h1-13H,(H,26,28)/b25-13+. The summed E-state index contributed by atoms with van der Waals surface area (Å²) in [4.78, 5) is 12.2. The first-order valence-electron chi connectivity index (χ1n) is 8.59. The molecule has 2 heterocycles. The number of para-hydroxylation sites is 1. The van der Waals surface area contributed by atoms with Gasteiger partial charge in [0, 0.05) is 17.3 Å². The summed E-state index contributed by atoms with van der Waals surface area (Å²) < 4.78 is 45.8. The predicted molar refractivity (Wildman–Crippen MR) is 102 cm³/mol. The van der Waals surface area contributed by atoms with Gasteiger partial charge in [-0.05, 0) is 42.5 Å². The van der Waals surface area contributed by atoms with Crippen molar-refractivity contribution in [3.8, 4) is 5.69 Å². The van der Waals surface area contributed by atoms with E-state index in [1.807, 2.05) is 12.1 Å². The van der Waals surface area contributed by atoms with Gasteiger partial charge in [-0.25, -0.2) is 5.43 Å². The Balaban J connectivity index is 1.52. The molecule has 1 amide bonds. The lowest BCUT2D eigenvalue weighted by atomic mass is 10.2. The van der Waals surface area contributed by atoms with Crippen molar-refractivity contribution in [2.45, 2.75) is 6.18 Å². The minimum atomic E-state index is -4.43. The number of amides is 1. The Kier molecular flexibility index (Phi) is 4.67. The summed E-state index contributed by atoms with van der Waals surface area (Å²) >= 11 is 0. The van der Waals surface area contributed by atoms with Crippen LogP contribution in [0, 0.1) is 0 Å². The van der Waals surface area contributed by atoms with E-state index < -0.39 is 17.6 Å². The average Bonchev–Trinajstić information content (AvgIpc) is 3.34. The maximum Gasteiger partial charge on any atom is 0.416 e. The minimum Gasteiger partial charge on any atom is -0.451 e. The molecule has 29 heavy (non-hydrogen) atoms. The van der Waals surface area contributed by atoms with Gasteiger partial charge in [0.2, 0.25) is 0 Å². The van der Waals surface area contributed by atoms with Crippen molar-refractivity contribution < 1.29 is 22.4 Å². The number of hydrogen-bond donors (Lipinski definition) is 1. The molecule has 8 heteroatoms. The molecule has 0 spiro atoms. The number of aromatic nitrogens is 1. The van der Waals surface area contributed by atoms with Gasteiger partial charge in [0.1, 0.15) is 5.58 Å². The molecule has 0 fully saturated rings. The molecule has 5 nitrogen and oxygen atoms in total. The third-order valence-electron chi connectivity index (χ3n) is 4.24. The first-order chi connectivity index (χ1) is 13.9. The first-order valence-corrected chi connectivity index (χ1v) is 8.59. The van der Waals surface area contributed by atoms with Crippen LogP contribution in [-0.2, 0) is 6.18 Å². The van der Waals surface area contributed by atoms with Crippen molar-refractivity contribution in [3.63, 3.8) is 0 Å². The molecule has 0 aliphatic rings. The highest BCUT2D eigenvalue weighted by atomic mass is 19.4. The topological polar surface area (TPSA) is 59.5 Å². The second-order valence-electron chi connectivity index (χ2n) is 6.20. The van der Waals surface area contributed by atoms with Crippen LogP contribution in [0.25, 0.3) is 16.7 Å². The lowest BCUT2D eigenvalue weighted by Gasteiger charge is -2.10. The molecule has 0 unspecified atom stereocenters. The molecule has 0 saturated heterocycles. The van der Waals surface area contributed by atoms with Crippen molar-refractivity contribution in [3.05, 3.63) is 89.9 Å². The number of nitrogens with zero attached hydrogens (tertiary/aromatic N) is 2. The van der Waals surface area contributed by atoms with E-state index >= 15 is 0 Å². The Bertz CT molecular complexity index is 1170. The van der Waals surface area contributed by atoms with Crippen LogP contribution in [0.2, 0.25) is 0 Å². The fourth-order valence-corrected chi connectivity index (χ4v) is 2.87. The van der Waals surface area contributed by atoms with Crippen LogP contribution in [0.4, 0.5) is 13.2 Å². The smallest absolute Gasteiger partial charge is 0.416 e. The highest BCUT2D eigenvalue weighted by molar-refractivity contribution is 5.96. The van der Waals surface area contributed by atoms with Gasteiger partial charge in [-0.2, -0.15) is 18.3 Å². The molecule has 2 aromatic heterocycles. The zero-order valence-corrected chi connectivity index (χ0v) is 14.9. The molecule has 0 atom stereocenters. The molecule has 0 radical (unpaired) electrons. The Hall–Kier alpha value is -3.81. The van der Waals surface area contributed by atoms with Crippen molar-refractivity contribution >= 4 is 23.1 Å². The lowest BCUT2D eigenvalue weighted by molar-refractivity contribution is -0.137. The number of hydrazone groups is 1. The van der Waals surface area contributed by atoms with Crippen LogP contribution >= 0.6 is 0 Å². The monoisotopic (exact) mass is 397 g/mol. The van der Waals surface area contributed by atoms with Gasteiger partial charge < -0.3 is 8.98 Å². The number of rotatable bonds is 4. The highest BCUT2D eigenvalue weighted by Crippen LogP contribution is 2.30. The number of benzene rings is 2. The van der Waals surface area contributed by atoms with E-state index in [9.17, 15) is 18.0 Å². The predicted octanol–water partition coefficient (Wildman–Crippen LogP) is 5.01. The molecule has 146 valence electrons. The van der Waals surface area contributed by atoms with E-state index in [0.717, 1.165) is 17.5 Å². The normalized spacial score (nSPS) is 12.0. The van der Waals surface area contributed by atoms with E-state index in [4.69, 9.17) is 4.42 Å². The second kappa shape index (κ2) is 7.31. The molecule has 0 aliphatic heterocycles. The highest BCUT2D eigenvalue weighted by Gasteiger charge is 2.30. The third kappa shape index (κ3) is 3.91. The maximum absolute atomic E-state index is 12.9. The van der Waals surface area contributed by atoms with E-state index in [2.05, 4.69) is 10.5 Å². The van der Waals surface area contributed by atoms with Crippen LogP contribution in [0.1, 0.15) is 21.8 Å². The third-order valence-corrected chi connectivity index (χ3v) is 4.24. The molecular formula is C21H14F3N3O2. The zero-order chi connectivity index (χ0) is 20.4. The first kappa shape index (κ1) is 18.5. The van der Waals surface area contributed by atoms with Crippen LogP contribution < -0.4 is 5.43 Å². The number of carbonyl (C=O) groups is 1. The van der Waals surface area contributed by atoms with E-state index in [1.54, 1.807) is 42.6 Å². The Morgan fingerprint density at radius 1 is 1.03 bits per heavy atom. The quantitative estimate of drug-likeness (QED) is 0.389. The summed E-state index contributed by atoms with van der Waals surface area (Å²) in [5, 5.41) is 4.68. The fourth-order valence-electron chi connectivity index (χ4n) is 2.87. The average molecular weight is 397 g/mol. The summed E-state index contributed by atoms with van der Waals surface area (Å²) in [5.41, 5.74) is 3.02. The number of fused-ring (bicyclic) bond motifs is 1. The fraction of sp³-hybridized carbons (Fsp3) is 0.0476. The Morgan fingerprint density at radius 2 is 1.86 bits per heavy atom. The van der Waals surface area contributed by atoms with Crippen LogP contribution in [0.3, 0.4) is 0 Å². The summed E-state index contributed by atoms with van der Waals surface area (Å²) in [6, 6.07) is 17.1. The van der Waals surface area contributed by atoms with Crippen molar-refractivity contribution in [1.82, 2.24) is 9.99 Å². The van der Waals surface area contributed by atoms with Gasteiger partial charge >= 0.3 is 12.1 Å². The van der Waals surface area contributed by atoms with E-state index in [-0.39, 0.29) is 5.76 Å². The molecule has 0 saturated carbocycles. The zero-order valence-electron chi connectivity index (χ0n) is 14.9. The Labute approximate surface area is 163 Å². The SMILES string of the molecule is O=C(N/N=C/c1cccn1-c1cccc(C(F)(F)F)c1)c1cc2ccccc2o1. The van der Waals surface area contributed by atoms with Gasteiger partial charge in [0.05, 0.1) is 17.5 Å². The van der Waals surface area contributed by atoms with Gasteiger partial charge in [0.25, 0.3) is 0 Å². The number of nitrogens with one attached hydrogen (secondary N) is 1. The molecule has 0 bridgehead atoms. The van der Waals surface area contributed by atoms with E-state index in [1.165, 1.54) is 16.8 Å². The minimum absolute atomic E-state index is 0.108. The molecule has 4 rings (SSSR count). The van der Waals surface area contributed by atoms with E-state index in [0.29, 0.717) is 17.0 Å². The summed E-state index contributed by atoms with van der Waals surface area (Å²) in [7, 11) is 0. The lowest BCUT2D eigenvalue weighted by Crippen LogP contribution is -2.17. The number of furan rings is 1. The summed E-state index contributed by atoms with van der Waals surface area (Å²) in [6.45, 7) is 0. The number of hydrogen-bond acceptors (Lipinski definition) is 3. The van der Waals surface area contributed by atoms with Crippen LogP contribution in [0.5, 0.6) is 0 Å². The second-order valence-corrected chi connectivity index (χ2v) is 6.20. The Morgan fingerprint density at radius 3 is 2.66 bits per heavy atom. The number of alkyl halides is 3. The van der Waals surface area contributed by atoms with Crippen LogP contribution in [-0.4, -0.2) is 16.7 Å². The van der Waals surface area contributed by atoms with Gasteiger partial charge in [-0.1, -0.05) is 24.3 Å². The molecular weight excluding hydrogens is 383 g/mol.